The van der Waals surface area contributed by atoms with Crippen LogP contribution in [0.25, 0.3) is 22.6 Å². The van der Waals surface area contributed by atoms with Gasteiger partial charge in [-0.3, -0.25) is 0 Å². The molecule has 1 aliphatic rings. The molecule has 3 aromatic rings. The maximum Gasteiger partial charge on any atom is 0.227 e. The molecule has 3 heteroatoms. The van der Waals surface area contributed by atoms with E-state index in [-0.39, 0.29) is 0 Å². The van der Waals surface area contributed by atoms with Gasteiger partial charge in [0.05, 0.1) is 0 Å². The lowest BCUT2D eigenvalue weighted by Crippen LogP contribution is -2.18. The Labute approximate surface area is 136 Å². The molecule has 0 saturated carbocycles. The summed E-state index contributed by atoms with van der Waals surface area (Å²) in [5.74, 6) is 0.717. The fourth-order valence-electron chi connectivity index (χ4n) is 3.54. The van der Waals surface area contributed by atoms with E-state index in [4.69, 9.17) is 9.40 Å². The van der Waals surface area contributed by atoms with Gasteiger partial charge in [0.1, 0.15) is 5.52 Å². The third kappa shape index (κ3) is 2.50. The van der Waals surface area contributed by atoms with E-state index in [0.717, 1.165) is 35.3 Å². The van der Waals surface area contributed by atoms with Gasteiger partial charge in [0.25, 0.3) is 0 Å². The molecule has 1 aliphatic heterocycles. The van der Waals surface area contributed by atoms with Crippen LogP contribution in [0.15, 0.2) is 34.7 Å². The standard InChI is InChI=1S/C20H22N2O/c1-13-10-15(3)19-17(11-13)21-20(23-19)16-7-6-14(2)18(12-16)22-8-4-5-9-22/h6-7,10-12H,4-5,8-9H2,1-3H3. The zero-order valence-electron chi connectivity index (χ0n) is 14.0. The highest BCUT2D eigenvalue weighted by molar-refractivity contribution is 5.80. The summed E-state index contributed by atoms with van der Waals surface area (Å²) in [6.07, 6.45) is 2.57. The summed E-state index contributed by atoms with van der Waals surface area (Å²) >= 11 is 0. The minimum Gasteiger partial charge on any atom is -0.436 e. The van der Waals surface area contributed by atoms with Crippen LogP contribution < -0.4 is 4.90 Å². The average Bonchev–Trinajstić information content (AvgIpc) is 3.16. The van der Waals surface area contributed by atoms with Crippen LogP contribution in [-0.2, 0) is 0 Å². The molecular formula is C20H22N2O. The summed E-state index contributed by atoms with van der Waals surface area (Å²) in [4.78, 5) is 7.19. The van der Waals surface area contributed by atoms with Gasteiger partial charge in [0.2, 0.25) is 5.89 Å². The van der Waals surface area contributed by atoms with E-state index < -0.39 is 0 Å². The first kappa shape index (κ1) is 14.3. The van der Waals surface area contributed by atoms with Crippen LogP contribution in [0.2, 0.25) is 0 Å². The van der Waals surface area contributed by atoms with E-state index in [1.54, 1.807) is 0 Å². The molecule has 0 spiro atoms. The maximum absolute atomic E-state index is 6.07. The number of fused-ring (bicyclic) bond motifs is 1. The fraction of sp³-hybridized carbons (Fsp3) is 0.350. The largest absolute Gasteiger partial charge is 0.436 e. The number of aromatic nitrogens is 1. The summed E-state index contributed by atoms with van der Waals surface area (Å²) in [7, 11) is 0. The van der Waals surface area contributed by atoms with Gasteiger partial charge in [0.15, 0.2) is 5.58 Å². The molecule has 118 valence electrons. The highest BCUT2D eigenvalue weighted by Gasteiger charge is 2.17. The van der Waals surface area contributed by atoms with Crippen molar-refractivity contribution in [3.8, 4) is 11.5 Å². The first-order valence-corrected chi connectivity index (χ1v) is 8.35. The van der Waals surface area contributed by atoms with Crippen molar-refractivity contribution in [3.63, 3.8) is 0 Å². The van der Waals surface area contributed by atoms with Crippen LogP contribution in [0.1, 0.15) is 29.5 Å². The SMILES string of the molecule is Cc1cc(C)c2oc(-c3ccc(C)c(N4CCCC4)c3)nc2c1. The molecule has 0 unspecified atom stereocenters. The van der Waals surface area contributed by atoms with Crippen molar-refractivity contribution in [2.75, 3.05) is 18.0 Å². The summed E-state index contributed by atoms with van der Waals surface area (Å²) in [6.45, 7) is 8.65. The molecule has 1 aromatic heterocycles. The highest BCUT2D eigenvalue weighted by Crippen LogP contribution is 2.32. The predicted octanol–water partition coefficient (Wildman–Crippen LogP) is 5.02. The van der Waals surface area contributed by atoms with Gasteiger partial charge in [-0.15, -0.1) is 0 Å². The van der Waals surface area contributed by atoms with E-state index in [1.165, 1.54) is 29.7 Å². The lowest BCUT2D eigenvalue weighted by Gasteiger charge is -2.20. The van der Waals surface area contributed by atoms with Crippen LogP contribution in [-0.4, -0.2) is 18.1 Å². The van der Waals surface area contributed by atoms with E-state index in [9.17, 15) is 0 Å². The van der Waals surface area contributed by atoms with Crippen molar-refractivity contribution in [3.05, 3.63) is 47.0 Å². The Morgan fingerprint density at radius 2 is 1.74 bits per heavy atom. The Morgan fingerprint density at radius 3 is 2.52 bits per heavy atom. The van der Waals surface area contributed by atoms with Crippen molar-refractivity contribution in [1.82, 2.24) is 4.98 Å². The van der Waals surface area contributed by atoms with E-state index in [2.05, 4.69) is 56.0 Å². The first-order valence-electron chi connectivity index (χ1n) is 8.35. The Kier molecular flexibility index (Phi) is 3.37. The number of anilines is 1. The van der Waals surface area contributed by atoms with Gasteiger partial charge in [-0.05, 0) is 68.5 Å². The van der Waals surface area contributed by atoms with Crippen molar-refractivity contribution in [2.24, 2.45) is 0 Å². The Bertz CT molecular complexity index is 873. The molecule has 4 rings (SSSR count). The molecule has 0 N–H and O–H groups in total. The second kappa shape index (κ2) is 5.41. The van der Waals surface area contributed by atoms with Crippen LogP contribution in [0, 0.1) is 20.8 Å². The molecule has 2 aromatic carbocycles. The lowest BCUT2D eigenvalue weighted by molar-refractivity contribution is 0.617. The molecule has 1 saturated heterocycles. The molecule has 0 atom stereocenters. The number of rotatable bonds is 2. The smallest absolute Gasteiger partial charge is 0.227 e. The van der Waals surface area contributed by atoms with Gasteiger partial charge in [0, 0.05) is 24.3 Å². The van der Waals surface area contributed by atoms with Crippen LogP contribution >= 0.6 is 0 Å². The molecular weight excluding hydrogens is 284 g/mol. The fourth-order valence-corrected chi connectivity index (χ4v) is 3.54. The highest BCUT2D eigenvalue weighted by atomic mass is 16.3. The van der Waals surface area contributed by atoms with Gasteiger partial charge < -0.3 is 9.32 Å². The molecule has 0 bridgehead atoms. The minimum atomic E-state index is 0.717. The zero-order chi connectivity index (χ0) is 16.0. The topological polar surface area (TPSA) is 29.3 Å². The molecule has 0 radical (unpaired) electrons. The Balaban J connectivity index is 1.81. The summed E-state index contributed by atoms with van der Waals surface area (Å²) in [6, 6.07) is 10.7. The van der Waals surface area contributed by atoms with Gasteiger partial charge in [-0.25, -0.2) is 4.98 Å². The molecule has 1 fully saturated rings. The van der Waals surface area contributed by atoms with E-state index >= 15 is 0 Å². The normalized spacial score (nSPS) is 14.8. The number of aryl methyl sites for hydroxylation is 3. The van der Waals surface area contributed by atoms with Crippen LogP contribution in [0.4, 0.5) is 5.69 Å². The maximum atomic E-state index is 6.07. The van der Waals surface area contributed by atoms with Crippen molar-refractivity contribution in [1.29, 1.82) is 0 Å². The monoisotopic (exact) mass is 306 g/mol. The van der Waals surface area contributed by atoms with E-state index in [1.807, 2.05) is 0 Å². The minimum absolute atomic E-state index is 0.717. The molecule has 2 heterocycles. The zero-order valence-corrected chi connectivity index (χ0v) is 14.0. The molecule has 3 nitrogen and oxygen atoms in total. The molecule has 0 aliphatic carbocycles. The number of nitrogens with zero attached hydrogens (tertiary/aromatic N) is 2. The first-order chi connectivity index (χ1) is 11.1. The van der Waals surface area contributed by atoms with Crippen molar-refractivity contribution >= 4 is 16.8 Å². The van der Waals surface area contributed by atoms with E-state index in [0.29, 0.717) is 5.89 Å². The molecule has 0 amide bonds. The summed E-state index contributed by atoms with van der Waals surface area (Å²) in [5.41, 5.74) is 7.90. The van der Waals surface area contributed by atoms with Crippen molar-refractivity contribution in [2.45, 2.75) is 33.6 Å². The van der Waals surface area contributed by atoms with Crippen molar-refractivity contribution < 1.29 is 4.42 Å². The van der Waals surface area contributed by atoms with Gasteiger partial charge in [-0.1, -0.05) is 12.1 Å². The number of benzene rings is 2. The number of hydrogen-bond donors (Lipinski definition) is 0. The third-order valence-corrected chi connectivity index (χ3v) is 4.72. The average molecular weight is 306 g/mol. The summed E-state index contributed by atoms with van der Waals surface area (Å²) < 4.78 is 6.07. The Morgan fingerprint density at radius 1 is 0.957 bits per heavy atom. The number of oxazole rings is 1. The van der Waals surface area contributed by atoms with Gasteiger partial charge in [-0.2, -0.15) is 0 Å². The second-order valence-corrected chi connectivity index (χ2v) is 6.64. The molecule has 23 heavy (non-hydrogen) atoms. The predicted molar refractivity (Wildman–Crippen MR) is 95.1 cm³/mol. The van der Waals surface area contributed by atoms with Crippen LogP contribution in [0.3, 0.4) is 0 Å². The van der Waals surface area contributed by atoms with Gasteiger partial charge >= 0.3 is 0 Å². The quantitative estimate of drug-likeness (QED) is 0.665. The second-order valence-electron chi connectivity index (χ2n) is 6.64. The third-order valence-electron chi connectivity index (χ3n) is 4.72. The lowest BCUT2D eigenvalue weighted by atomic mass is 10.1. The summed E-state index contributed by atoms with van der Waals surface area (Å²) in [5, 5.41) is 0. The number of hydrogen-bond acceptors (Lipinski definition) is 3. The Hall–Kier alpha value is -2.29. The van der Waals surface area contributed by atoms with Crippen LogP contribution in [0.5, 0.6) is 0 Å².